The van der Waals surface area contributed by atoms with E-state index in [1.54, 1.807) is 24.3 Å². The molecule has 22 heavy (non-hydrogen) atoms. The Bertz CT molecular complexity index is 636. The minimum Gasteiger partial charge on any atom is -0.394 e. The quantitative estimate of drug-likeness (QED) is 0.528. The summed E-state index contributed by atoms with van der Waals surface area (Å²) in [6, 6.07) is 10.1. The van der Waals surface area contributed by atoms with Crippen molar-refractivity contribution in [3.8, 4) is 0 Å². The molecule has 1 unspecified atom stereocenters. The van der Waals surface area contributed by atoms with E-state index in [-0.39, 0.29) is 18.8 Å². The van der Waals surface area contributed by atoms with Crippen molar-refractivity contribution in [1.29, 1.82) is 0 Å². The smallest absolute Gasteiger partial charge is 0.301 e. The molecule has 0 aliphatic heterocycles. The molecule has 1 aromatic heterocycles. The molecule has 2 aromatic rings. The van der Waals surface area contributed by atoms with Gasteiger partial charge in [-0.2, -0.15) is 0 Å². The Kier molecular flexibility index (Phi) is 5.70. The monoisotopic (exact) mass is 321 g/mol. The molecular weight excluding hydrogens is 306 g/mol. The van der Waals surface area contributed by atoms with Crippen molar-refractivity contribution < 1.29 is 15.1 Å². The lowest BCUT2D eigenvalue weighted by atomic mass is 10.3. The van der Waals surface area contributed by atoms with Crippen LogP contribution in [0.5, 0.6) is 0 Å². The second kappa shape index (κ2) is 7.74. The summed E-state index contributed by atoms with van der Waals surface area (Å²) in [5, 5.41) is 32.3. The van der Waals surface area contributed by atoms with E-state index in [9.17, 15) is 15.2 Å². The number of hydrogen-bond acceptors (Lipinski definition) is 7. The molecule has 0 spiro atoms. The summed E-state index contributed by atoms with van der Waals surface area (Å²) in [6.07, 6.45) is 0.701. The molecule has 0 aliphatic carbocycles. The molecule has 7 nitrogen and oxygen atoms in total. The van der Waals surface area contributed by atoms with Gasteiger partial charge in [-0.1, -0.05) is 11.8 Å². The number of aromatic nitrogens is 1. The van der Waals surface area contributed by atoms with Gasteiger partial charge in [0, 0.05) is 29.4 Å². The zero-order chi connectivity index (χ0) is 15.9. The Morgan fingerprint density at radius 2 is 2.05 bits per heavy atom. The number of hydrogen-bond donors (Lipinski definition) is 3. The molecule has 0 fully saturated rings. The SMILES string of the molecule is O=[N+]([O-])c1cccnc1Sc1ccc(NCC(O)CO)cc1. The molecule has 0 saturated heterocycles. The third-order valence-electron chi connectivity index (χ3n) is 2.77. The zero-order valence-corrected chi connectivity index (χ0v) is 12.4. The van der Waals surface area contributed by atoms with Crippen molar-refractivity contribution in [3.05, 3.63) is 52.7 Å². The van der Waals surface area contributed by atoms with Crippen LogP contribution < -0.4 is 5.32 Å². The molecule has 0 radical (unpaired) electrons. The van der Waals surface area contributed by atoms with Gasteiger partial charge in [0.15, 0.2) is 5.03 Å². The predicted octanol–water partition coefficient (Wildman–Crippen LogP) is 1.91. The summed E-state index contributed by atoms with van der Waals surface area (Å²) < 4.78 is 0. The molecule has 1 aromatic carbocycles. The average molecular weight is 321 g/mol. The van der Waals surface area contributed by atoms with Gasteiger partial charge in [0.2, 0.25) is 0 Å². The maximum absolute atomic E-state index is 10.9. The van der Waals surface area contributed by atoms with Gasteiger partial charge in [-0.3, -0.25) is 10.1 Å². The van der Waals surface area contributed by atoms with Crippen LogP contribution in [0.3, 0.4) is 0 Å². The molecule has 0 amide bonds. The van der Waals surface area contributed by atoms with Crippen molar-refractivity contribution in [2.24, 2.45) is 0 Å². The standard InChI is InChI=1S/C14H15N3O4S/c18-9-11(19)8-16-10-3-5-12(6-4-10)22-14-13(17(20)21)2-1-7-15-14/h1-7,11,16,18-19H,8-9H2. The largest absolute Gasteiger partial charge is 0.394 e. The van der Waals surface area contributed by atoms with Gasteiger partial charge >= 0.3 is 5.69 Å². The molecule has 8 heteroatoms. The highest BCUT2D eigenvalue weighted by molar-refractivity contribution is 7.99. The number of anilines is 1. The third-order valence-corrected chi connectivity index (χ3v) is 3.78. The van der Waals surface area contributed by atoms with Crippen molar-refractivity contribution >= 4 is 23.1 Å². The van der Waals surface area contributed by atoms with Crippen molar-refractivity contribution in [3.63, 3.8) is 0 Å². The van der Waals surface area contributed by atoms with Crippen LogP contribution in [0.4, 0.5) is 11.4 Å². The molecule has 0 bridgehead atoms. The Hall–Kier alpha value is -2.16. The van der Waals surface area contributed by atoms with E-state index in [0.29, 0.717) is 5.03 Å². The van der Waals surface area contributed by atoms with Crippen LogP contribution in [0, 0.1) is 10.1 Å². The Labute approximate surface area is 131 Å². The number of nitrogens with zero attached hydrogens (tertiary/aromatic N) is 2. The van der Waals surface area contributed by atoms with Crippen LogP contribution in [0.2, 0.25) is 0 Å². The van der Waals surface area contributed by atoms with Crippen LogP contribution in [0.25, 0.3) is 0 Å². The molecule has 116 valence electrons. The van der Waals surface area contributed by atoms with E-state index in [1.165, 1.54) is 30.1 Å². The van der Waals surface area contributed by atoms with Crippen LogP contribution in [-0.2, 0) is 0 Å². The Morgan fingerprint density at radius 1 is 1.32 bits per heavy atom. The topological polar surface area (TPSA) is 109 Å². The van der Waals surface area contributed by atoms with Crippen LogP contribution in [-0.4, -0.2) is 39.4 Å². The molecule has 2 rings (SSSR count). The Morgan fingerprint density at radius 3 is 2.68 bits per heavy atom. The minimum absolute atomic E-state index is 0.0271. The lowest BCUT2D eigenvalue weighted by Gasteiger charge is -2.10. The van der Waals surface area contributed by atoms with Crippen molar-refractivity contribution in [1.82, 2.24) is 4.98 Å². The molecule has 1 heterocycles. The van der Waals surface area contributed by atoms with Crippen molar-refractivity contribution in [2.75, 3.05) is 18.5 Å². The summed E-state index contributed by atoms with van der Waals surface area (Å²) in [4.78, 5) is 15.3. The van der Waals surface area contributed by atoms with Gasteiger partial charge in [0.25, 0.3) is 0 Å². The number of aliphatic hydroxyl groups is 2. The molecule has 0 aliphatic rings. The maximum atomic E-state index is 10.9. The molecule has 1 atom stereocenters. The van der Waals surface area contributed by atoms with Gasteiger partial charge in [-0.15, -0.1) is 0 Å². The fourth-order valence-corrected chi connectivity index (χ4v) is 2.51. The van der Waals surface area contributed by atoms with E-state index in [2.05, 4.69) is 10.3 Å². The number of nitrogens with one attached hydrogen (secondary N) is 1. The fraction of sp³-hybridized carbons (Fsp3) is 0.214. The molecular formula is C14H15N3O4S. The first-order valence-corrected chi connectivity index (χ1v) is 7.32. The predicted molar refractivity (Wildman–Crippen MR) is 83.0 cm³/mol. The highest BCUT2D eigenvalue weighted by Crippen LogP contribution is 2.32. The van der Waals surface area contributed by atoms with E-state index in [4.69, 9.17) is 5.11 Å². The summed E-state index contributed by atoms with van der Waals surface area (Å²) in [7, 11) is 0. The molecule has 3 N–H and O–H groups in total. The van der Waals surface area contributed by atoms with Crippen LogP contribution in [0.15, 0.2) is 52.5 Å². The third kappa shape index (κ3) is 4.42. The van der Waals surface area contributed by atoms with E-state index in [0.717, 1.165) is 10.6 Å². The number of aliphatic hydroxyl groups excluding tert-OH is 2. The van der Waals surface area contributed by atoms with Gasteiger partial charge in [0.05, 0.1) is 17.6 Å². The summed E-state index contributed by atoms with van der Waals surface area (Å²) in [6.45, 7) is -0.0566. The second-order valence-corrected chi connectivity index (χ2v) is 5.49. The summed E-state index contributed by atoms with van der Waals surface area (Å²) in [5.74, 6) is 0. The van der Waals surface area contributed by atoms with Gasteiger partial charge in [-0.05, 0) is 30.3 Å². The van der Waals surface area contributed by atoms with Crippen molar-refractivity contribution in [2.45, 2.75) is 16.0 Å². The molecule has 0 saturated carbocycles. The first-order chi connectivity index (χ1) is 10.6. The second-order valence-electron chi connectivity index (χ2n) is 4.43. The number of rotatable bonds is 7. The van der Waals surface area contributed by atoms with Crippen LogP contribution >= 0.6 is 11.8 Å². The number of pyridine rings is 1. The Balaban J connectivity index is 2.04. The van der Waals surface area contributed by atoms with E-state index in [1.807, 2.05) is 0 Å². The number of nitro groups is 1. The zero-order valence-electron chi connectivity index (χ0n) is 11.5. The fourth-order valence-electron chi connectivity index (χ4n) is 1.65. The van der Waals surface area contributed by atoms with Gasteiger partial charge in [-0.25, -0.2) is 4.98 Å². The van der Waals surface area contributed by atoms with E-state index >= 15 is 0 Å². The normalized spacial score (nSPS) is 11.9. The lowest BCUT2D eigenvalue weighted by Crippen LogP contribution is -2.22. The van der Waals surface area contributed by atoms with Gasteiger partial charge < -0.3 is 15.5 Å². The lowest BCUT2D eigenvalue weighted by molar-refractivity contribution is -0.388. The van der Waals surface area contributed by atoms with E-state index < -0.39 is 11.0 Å². The minimum atomic E-state index is -0.815. The average Bonchev–Trinajstić information content (AvgIpc) is 2.54. The summed E-state index contributed by atoms with van der Waals surface area (Å²) in [5.41, 5.74) is 0.758. The highest BCUT2D eigenvalue weighted by atomic mass is 32.2. The van der Waals surface area contributed by atoms with Gasteiger partial charge in [0.1, 0.15) is 0 Å². The highest BCUT2D eigenvalue weighted by Gasteiger charge is 2.15. The first kappa shape index (κ1) is 16.2. The first-order valence-electron chi connectivity index (χ1n) is 6.50. The maximum Gasteiger partial charge on any atom is 0.301 e. The number of benzene rings is 1. The van der Waals surface area contributed by atoms with Crippen LogP contribution in [0.1, 0.15) is 0 Å². The summed E-state index contributed by atoms with van der Waals surface area (Å²) >= 11 is 1.21.